The third-order valence-corrected chi connectivity index (χ3v) is 2.24. The number of nitrogens with zero attached hydrogens (tertiary/aromatic N) is 1. The molecule has 0 spiro atoms. The Bertz CT molecular complexity index is 176. The normalized spacial score (nSPS) is 29.4. The van der Waals surface area contributed by atoms with Crippen molar-refractivity contribution in [2.45, 2.75) is 12.2 Å². The van der Waals surface area contributed by atoms with E-state index in [1.807, 2.05) is 0 Å². The molecule has 70 valence electrons. The first-order chi connectivity index (χ1) is 5.69. The Kier molecular flexibility index (Phi) is 3.31. The van der Waals surface area contributed by atoms with Crippen LogP contribution in [-0.4, -0.2) is 54.2 Å². The van der Waals surface area contributed by atoms with Crippen LogP contribution in [0.1, 0.15) is 0 Å². The van der Waals surface area contributed by atoms with Crippen LogP contribution < -0.4 is 0 Å². The fourth-order valence-electron chi connectivity index (χ4n) is 1.28. The average molecular weight is 194 g/mol. The molecule has 1 fully saturated rings. The fourth-order valence-corrected chi connectivity index (χ4v) is 1.45. The third-order valence-electron chi connectivity index (χ3n) is 2.01. The van der Waals surface area contributed by atoms with Crippen LogP contribution in [0.15, 0.2) is 0 Å². The molecule has 1 N–H and O–H groups in total. The van der Waals surface area contributed by atoms with E-state index >= 15 is 0 Å². The predicted octanol–water partition coefficient (Wildman–Crippen LogP) is -0.557. The molecule has 0 aromatic carbocycles. The van der Waals surface area contributed by atoms with Crippen molar-refractivity contribution in [3.63, 3.8) is 0 Å². The first kappa shape index (κ1) is 9.77. The van der Waals surface area contributed by atoms with Crippen LogP contribution in [0, 0.1) is 0 Å². The lowest BCUT2D eigenvalue weighted by Crippen LogP contribution is -2.30. The lowest BCUT2D eigenvalue weighted by atomic mass is 10.3. The quantitative estimate of drug-likeness (QED) is 0.599. The molecule has 1 aliphatic rings. The number of hydrogen-bond donors (Lipinski definition) is 1. The van der Waals surface area contributed by atoms with Crippen LogP contribution in [-0.2, 0) is 9.53 Å². The number of β-amino-alcohol motifs (C(OH)–C–C–N with tert-alkyl or cyclic N) is 1. The highest BCUT2D eigenvalue weighted by Gasteiger charge is 2.33. The molecule has 1 saturated heterocycles. The maximum Gasteiger partial charge on any atom is 0.237 e. The van der Waals surface area contributed by atoms with Crippen molar-refractivity contribution in [3.8, 4) is 0 Å². The van der Waals surface area contributed by atoms with E-state index in [0.29, 0.717) is 13.1 Å². The molecule has 0 bridgehead atoms. The molecule has 1 amide bonds. The van der Waals surface area contributed by atoms with Crippen molar-refractivity contribution in [2.75, 3.05) is 26.1 Å². The zero-order valence-corrected chi connectivity index (χ0v) is 7.62. The van der Waals surface area contributed by atoms with Gasteiger partial charge in [0.15, 0.2) is 0 Å². The minimum absolute atomic E-state index is 0.0385. The van der Waals surface area contributed by atoms with Gasteiger partial charge in [-0.25, -0.2) is 0 Å². The van der Waals surface area contributed by atoms with Gasteiger partial charge in [-0.3, -0.25) is 4.79 Å². The van der Waals surface area contributed by atoms with E-state index in [1.54, 1.807) is 0 Å². The smallest absolute Gasteiger partial charge is 0.237 e. The Hall–Kier alpha value is -0.320. The summed E-state index contributed by atoms with van der Waals surface area (Å²) >= 11 is 5.36. The van der Waals surface area contributed by atoms with E-state index in [9.17, 15) is 9.90 Å². The number of hydrogen-bond acceptors (Lipinski definition) is 3. The van der Waals surface area contributed by atoms with Gasteiger partial charge in [0, 0.05) is 20.2 Å². The molecule has 0 saturated carbocycles. The summed E-state index contributed by atoms with van der Waals surface area (Å²) in [6, 6.07) is 0. The number of aliphatic hydroxyl groups is 1. The third kappa shape index (κ3) is 1.88. The first-order valence-corrected chi connectivity index (χ1v) is 4.27. The molecular weight excluding hydrogens is 182 g/mol. The largest absolute Gasteiger partial charge is 0.388 e. The molecular formula is C7H12ClNO3. The van der Waals surface area contributed by atoms with Gasteiger partial charge in [-0.05, 0) is 0 Å². The van der Waals surface area contributed by atoms with Crippen molar-refractivity contribution >= 4 is 17.5 Å². The number of methoxy groups -OCH3 is 1. The Balaban J connectivity index is 2.48. The van der Waals surface area contributed by atoms with Gasteiger partial charge in [0.1, 0.15) is 12.0 Å². The number of alkyl halides is 1. The summed E-state index contributed by atoms with van der Waals surface area (Å²) in [7, 11) is 1.52. The SMILES string of the molecule is COC1CN(C(=O)CCl)CC1O. The molecule has 5 heteroatoms. The number of carbonyl (C=O) groups excluding carboxylic acids is 1. The van der Waals surface area contributed by atoms with E-state index in [0.717, 1.165) is 0 Å². The predicted molar refractivity (Wildman–Crippen MR) is 44.1 cm³/mol. The number of halogens is 1. The molecule has 4 nitrogen and oxygen atoms in total. The van der Waals surface area contributed by atoms with Crippen LogP contribution >= 0.6 is 11.6 Å². The van der Waals surface area contributed by atoms with Gasteiger partial charge in [-0.15, -0.1) is 11.6 Å². The molecule has 2 atom stereocenters. The highest BCUT2D eigenvalue weighted by molar-refractivity contribution is 6.27. The Morgan fingerprint density at radius 3 is 2.83 bits per heavy atom. The molecule has 1 rings (SSSR count). The first-order valence-electron chi connectivity index (χ1n) is 3.73. The van der Waals surface area contributed by atoms with Gasteiger partial charge in [0.25, 0.3) is 0 Å². The lowest BCUT2D eigenvalue weighted by Gasteiger charge is -2.13. The summed E-state index contributed by atoms with van der Waals surface area (Å²) in [5, 5.41) is 9.34. The van der Waals surface area contributed by atoms with Crippen molar-refractivity contribution in [1.29, 1.82) is 0 Å². The molecule has 12 heavy (non-hydrogen) atoms. The monoisotopic (exact) mass is 193 g/mol. The fraction of sp³-hybridized carbons (Fsp3) is 0.857. The van der Waals surface area contributed by atoms with E-state index in [1.165, 1.54) is 12.0 Å². The molecule has 2 unspecified atom stereocenters. The van der Waals surface area contributed by atoms with E-state index in [4.69, 9.17) is 16.3 Å². The summed E-state index contributed by atoms with van der Waals surface area (Å²) in [6.45, 7) is 0.757. The van der Waals surface area contributed by atoms with Crippen molar-refractivity contribution in [2.24, 2.45) is 0 Å². The summed E-state index contributed by atoms with van der Waals surface area (Å²) in [5.41, 5.74) is 0. The molecule has 0 radical (unpaired) electrons. The highest BCUT2D eigenvalue weighted by Crippen LogP contribution is 2.12. The number of amides is 1. The maximum atomic E-state index is 11.0. The minimum Gasteiger partial charge on any atom is -0.388 e. The second kappa shape index (κ2) is 4.07. The zero-order chi connectivity index (χ0) is 9.14. The number of aliphatic hydroxyl groups excluding tert-OH is 1. The zero-order valence-electron chi connectivity index (χ0n) is 6.86. The summed E-state index contributed by atoms with van der Waals surface area (Å²) in [4.78, 5) is 12.6. The van der Waals surface area contributed by atoms with Gasteiger partial charge in [0.05, 0.1) is 6.10 Å². The second-order valence-electron chi connectivity index (χ2n) is 2.77. The van der Waals surface area contributed by atoms with E-state index in [-0.39, 0.29) is 17.9 Å². The highest BCUT2D eigenvalue weighted by atomic mass is 35.5. The van der Waals surface area contributed by atoms with Gasteiger partial charge >= 0.3 is 0 Å². The van der Waals surface area contributed by atoms with Gasteiger partial charge < -0.3 is 14.7 Å². The molecule has 1 heterocycles. The van der Waals surface area contributed by atoms with E-state index in [2.05, 4.69) is 0 Å². The number of carbonyl (C=O) groups is 1. The summed E-state index contributed by atoms with van der Waals surface area (Å²) < 4.78 is 4.96. The minimum atomic E-state index is -0.581. The molecule has 0 aromatic rings. The van der Waals surface area contributed by atoms with Crippen LogP contribution in [0.2, 0.25) is 0 Å². The maximum absolute atomic E-state index is 11.0. The number of rotatable bonds is 2. The van der Waals surface area contributed by atoms with Crippen LogP contribution in [0.5, 0.6) is 0 Å². The number of likely N-dealkylation sites (tertiary alicyclic amines) is 1. The van der Waals surface area contributed by atoms with Crippen molar-refractivity contribution in [1.82, 2.24) is 4.90 Å². The topological polar surface area (TPSA) is 49.8 Å². The van der Waals surface area contributed by atoms with Crippen LogP contribution in [0.25, 0.3) is 0 Å². The number of ether oxygens (including phenoxy) is 1. The van der Waals surface area contributed by atoms with Crippen LogP contribution in [0.3, 0.4) is 0 Å². The molecule has 1 aliphatic heterocycles. The summed E-state index contributed by atoms with van der Waals surface area (Å²) in [5.74, 6) is -0.196. The van der Waals surface area contributed by atoms with Gasteiger partial charge in [-0.1, -0.05) is 0 Å². The molecule has 0 aliphatic carbocycles. The lowest BCUT2D eigenvalue weighted by molar-refractivity contribution is -0.128. The van der Waals surface area contributed by atoms with Crippen molar-refractivity contribution in [3.05, 3.63) is 0 Å². The standard InChI is InChI=1S/C7H12ClNO3/c1-12-6-4-9(3-5(6)10)7(11)2-8/h5-6,10H,2-4H2,1H3. The Morgan fingerprint density at radius 2 is 2.42 bits per heavy atom. The van der Waals surface area contributed by atoms with E-state index < -0.39 is 6.10 Å². The Morgan fingerprint density at radius 1 is 1.75 bits per heavy atom. The average Bonchev–Trinajstić information content (AvgIpc) is 2.45. The Labute approximate surface area is 76.1 Å². The second-order valence-corrected chi connectivity index (χ2v) is 3.04. The van der Waals surface area contributed by atoms with Crippen molar-refractivity contribution < 1.29 is 14.6 Å². The summed E-state index contributed by atoms with van der Waals surface area (Å²) in [6.07, 6.45) is -0.848. The molecule has 0 aromatic heterocycles. The van der Waals surface area contributed by atoms with Gasteiger partial charge in [0.2, 0.25) is 5.91 Å². The van der Waals surface area contributed by atoms with Crippen LogP contribution in [0.4, 0.5) is 0 Å². The van der Waals surface area contributed by atoms with Gasteiger partial charge in [-0.2, -0.15) is 0 Å².